The number of rotatable bonds is 5. The summed E-state index contributed by atoms with van der Waals surface area (Å²) in [4.78, 5) is 8.03. The monoisotopic (exact) mass is 194 g/mol. The Labute approximate surface area is 82.7 Å². The van der Waals surface area contributed by atoms with Crippen LogP contribution in [-0.4, -0.2) is 16.6 Å². The van der Waals surface area contributed by atoms with Crippen molar-refractivity contribution in [3.63, 3.8) is 0 Å². The largest absolute Gasteiger partial charge is 0.477 e. The van der Waals surface area contributed by atoms with E-state index in [1.165, 1.54) is 12.8 Å². The van der Waals surface area contributed by atoms with Crippen molar-refractivity contribution < 1.29 is 4.74 Å². The van der Waals surface area contributed by atoms with Gasteiger partial charge in [-0.05, 0) is 12.3 Å². The summed E-state index contributed by atoms with van der Waals surface area (Å²) in [5.74, 6) is 7.12. The predicted molar refractivity (Wildman–Crippen MR) is 52.7 cm³/mol. The fourth-order valence-corrected chi connectivity index (χ4v) is 1.22. The summed E-state index contributed by atoms with van der Waals surface area (Å²) in [6, 6.07) is 0. The van der Waals surface area contributed by atoms with Crippen LogP contribution in [-0.2, 0) is 0 Å². The number of hydrogen-bond acceptors (Lipinski definition) is 5. The maximum Gasteiger partial charge on any atom is 0.234 e. The second-order valence-corrected chi connectivity index (χ2v) is 3.47. The van der Waals surface area contributed by atoms with Crippen molar-refractivity contribution in [2.75, 3.05) is 12.0 Å². The van der Waals surface area contributed by atoms with Crippen LogP contribution in [0.5, 0.6) is 5.88 Å². The quantitative estimate of drug-likeness (QED) is 0.539. The number of hydrogen-bond donors (Lipinski definition) is 2. The van der Waals surface area contributed by atoms with Gasteiger partial charge in [0.25, 0.3) is 0 Å². The summed E-state index contributed by atoms with van der Waals surface area (Å²) in [5, 5.41) is 0. The zero-order valence-corrected chi connectivity index (χ0v) is 7.94. The molecule has 0 saturated heterocycles. The number of nitrogen functional groups attached to an aromatic ring is 1. The molecule has 0 atom stereocenters. The van der Waals surface area contributed by atoms with Crippen LogP contribution in [0.3, 0.4) is 0 Å². The molecule has 0 unspecified atom stereocenters. The Morgan fingerprint density at radius 3 is 3.07 bits per heavy atom. The van der Waals surface area contributed by atoms with Crippen LogP contribution in [0.2, 0.25) is 0 Å². The van der Waals surface area contributed by atoms with Gasteiger partial charge in [0, 0.05) is 0 Å². The van der Waals surface area contributed by atoms with E-state index in [1.54, 1.807) is 12.4 Å². The van der Waals surface area contributed by atoms with Crippen molar-refractivity contribution >= 4 is 5.82 Å². The molecule has 1 aromatic heterocycles. The fourth-order valence-electron chi connectivity index (χ4n) is 1.22. The standard InChI is InChI=1S/C9H14N4O/c10-13-8-5-11-6-9(12-8)14-4-3-7-1-2-7/h5-7H,1-4,10H2,(H,12,13). The maximum absolute atomic E-state index is 5.43. The summed E-state index contributed by atoms with van der Waals surface area (Å²) >= 11 is 0. The Kier molecular flexibility index (Phi) is 2.78. The van der Waals surface area contributed by atoms with Crippen molar-refractivity contribution in [2.45, 2.75) is 19.3 Å². The first-order valence-corrected chi connectivity index (χ1v) is 4.80. The van der Waals surface area contributed by atoms with Gasteiger partial charge in [-0.1, -0.05) is 12.8 Å². The minimum absolute atomic E-state index is 0.522. The van der Waals surface area contributed by atoms with E-state index < -0.39 is 0 Å². The van der Waals surface area contributed by atoms with Gasteiger partial charge in [-0.3, -0.25) is 4.98 Å². The van der Waals surface area contributed by atoms with Gasteiger partial charge in [0.15, 0.2) is 5.82 Å². The second kappa shape index (κ2) is 4.23. The fraction of sp³-hybridized carbons (Fsp3) is 0.556. The lowest BCUT2D eigenvalue weighted by Gasteiger charge is -2.05. The molecule has 0 bridgehead atoms. The van der Waals surface area contributed by atoms with E-state index in [1.807, 2.05) is 0 Å². The zero-order chi connectivity index (χ0) is 9.80. The smallest absolute Gasteiger partial charge is 0.234 e. The van der Waals surface area contributed by atoms with E-state index in [0.29, 0.717) is 18.3 Å². The van der Waals surface area contributed by atoms with E-state index in [-0.39, 0.29) is 0 Å². The lowest BCUT2D eigenvalue weighted by atomic mass is 10.3. The van der Waals surface area contributed by atoms with Crippen molar-refractivity contribution in [1.29, 1.82) is 0 Å². The topological polar surface area (TPSA) is 73.1 Å². The minimum Gasteiger partial charge on any atom is -0.477 e. The van der Waals surface area contributed by atoms with E-state index >= 15 is 0 Å². The van der Waals surface area contributed by atoms with Crippen LogP contribution in [0.4, 0.5) is 5.82 Å². The number of nitrogens with zero attached hydrogens (tertiary/aromatic N) is 2. The Morgan fingerprint density at radius 2 is 2.36 bits per heavy atom. The number of nitrogens with two attached hydrogens (primary N) is 1. The Hall–Kier alpha value is -1.36. The summed E-state index contributed by atoms with van der Waals surface area (Å²) in [5.41, 5.74) is 2.43. The number of nitrogens with one attached hydrogen (secondary N) is 1. The lowest BCUT2D eigenvalue weighted by Crippen LogP contribution is -2.09. The molecule has 2 rings (SSSR count). The molecule has 0 amide bonds. The van der Waals surface area contributed by atoms with E-state index in [9.17, 15) is 0 Å². The van der Waals surface area contributed by atoms with Gasteiger partial charge in [0.2, 0.25) is 5.88 Å². The molecule has 1 aromatic rings. The van der Waals surface area contributed by atoms with Gasteiger partial charge in [-0.2, -0.15) is 4.98 Å². The van der Waals surface area contributed by atoms with Crippen LogP contribution in [0, 0.1) is 5.92 Å². The van der Waals surface area contributed by atoms with Crippen molar-refractivity contribution in [2.24, 2.45) is 11.8 Å². The highest BCUT2D eigenvalue weighted by Gasteiger charge is 2.20. The third-order valence-corrected chi connectivity index (χ3v) is 2.23. The first-order chi connectivity index (χ1) is 6.88. The van der Waals surface area contributed by atoms with E-state index in [2.05, 4.69) is 15.4 Å². The molecule has 0 radical (unpaired) electrons. The lowest BCUT2D eigenvalue weighted by molar-refractivity contribution is 0.290. The molecule has 5 heteroatoms. The highest BCUT2D eigenvalue weighted by atomic mass is 16.5. The molecule has 76 valence electrons. The van der Waals surface area contributed by atoms with Gasteiger partial charge in [-0.25, -0.2) is 5.84 Å². The van der Waals surface area contributed by atoms with Crippen molar-refractivity contribution in [3.8, 4) is 5.88 Å². The average Bonchev–Trinajstić information content (AvgIpc) is 3.02. The molecule has 0 aliphatic heterocycles. The number of hydrazine groups is 1. The van der Waals surface area contributed by atoms with Crippen molar-refractivity contribution in [1.82, 2.24) is 9.97 Å². The molecule has 0 spiro atoms. The number of anilines is 1. The minimum atomic E-state index is 0.522. The van der Waals surface area contributed by atoms with E-state index in [0.717, 1.165) is 12.3 Å². The van der Waals surface area contributed by atoms with Gasteiger partial charge in [0.05, 0.1) is 19.0 Å². The number of aromatic nitrogens is 2. The zero-order valence-electron chi connectivity index (χ0n) is 7.94. The SMILES string of the molecule is NNc1cncc(OCCC2CC2)n1. The summed E-state index contributed by atoms with van der Waals surface area (Å²) < 4.78 is 5.43. The third kappa shape index (κ3) is 2.56. The summed E-state index contributed by atoms with van der Waals surface area (Å²) in [6.07, 6.45) is 6.95. The molecule has 1 fully saturated rings. The summed E-state index contributed by atoms with van der Waals surface area (Å²) in [6.45, 7) is 0.716. The van der Waals surface area contributed by atoms with Crippen LogP contribution in [0.15, 0.2) is 12.4 Å². The van der Waals surface area contributed by atoms with Crippen molar-refractivity contribution in [3.05, 3.63) is 12.4 Å². The van der Waals surface area contributed by atoms with Crippen LogP contribution in [0.1, 0.15) is 19.3 Å². The molecule has 1 saturated carbocycles. The molecule has 1 aliphatic rings. The molecule has 1 aliphatic carbocycles. The molecule has 0 aromatic carbocycles. The maximum atomic E-state index is 5.43. The second-order valence-electron chi connectivity index (χ2n) is 3.47. The Morgan fingerprint density at radius 1 is 1.50 bits per heavy atom. The number of ether oxygens (including phenoxy) is 1. The van der Waals surface area contributed by atoms with Gasteiger partial charge >= 0.3 is 0 Å². The molecule has 14 heavy (non-hydrogen) atoms. The van der Waals surface area contributed by atoms with Crippen LogP contribution < -0.4 is 16.0 Å². The first-order valence-electron chi connectivity index (χ1n) is 4.80. The highest BCUT2D eigenvalue weighted by molar-refractivity contribution is 5.31. The van der Waals surface area contributed by atoms with E-state index in [4.69, 9.17) is 10.6 Å². The van der Waals surface area contributed by atoms with Gasteiger partial charge in [-0.15, -0.1) is 0 Å². The normalized spacial score (nSPS) is 15.2. The average molecular weight is 194 g/mol. The highest BCUT2D eigenvalue weighted by Crippen LogP contribution is 2.32. The molecular weight excluding hydrogens is 180 g/mol. The van der Waals surface area contributed by atoms with Gasteiger partial charge in [0.1, 0.15) is 0 Å². The van der Waals surface area contributed by atoms with Crippen LogP contribution >= 0.6 is 0 Å². The summed E-state index contributed by atoms with van der Waals surface area (Å²) in [7, 11) is 0. The molecular formula is C9H14N4O. The molecule has 1 heterocycles. The first kappa shape index (κ1) is 9.21. The molecule has 3 N–H and O–H groups in total. The predicted octanol–water partition coefficient (Wildman–Crippen LogP) is 0.941. The third-order valence-electron chi connectivity index (χ3n) is 2.23. The van der Waals surface area contributed by atoms with Crippen LogP contribution in [0.25, 0.3) is 0 Å². The Balaban J connectivity index is 1.81. The Bertz CT molecular complexity index is 301. The van der Waals surface area contributed by atoms with Gasteiger partial charge < -0.3 is 10.2 Å². The molecule has 5 nitrogen and oxygen atoms in total.